The number of aldehydes is 1. The molecule has 0 aliphatic carbocycles. The molecule has 0 saturated heterocycles. The number of carbonyl (C=O) groups excluding carboxylic acids is 3. The lowest BCUT2D eigenvalue weighted by atomic mass is 10.0. The number of hydrogen-bond donors (Lipinski definition) is 6. The van der Waals surface area contributed by atoms with E-state index in [1.54, 1.807) is 0 Å². The van der Waals surface area contributed by atoms with Gasteiger partial charge in [-0.3, -0.25) is 14.4 Å². The molecule has 6 atom stereocenters. The molecule has 0 saturated carbocycles. The molecule has 0 rings (SSSR count). The van der Waals surface area contributed by atoms with E-state index in [9.17, 15) is 29.4 Å². The minimum Gasteiger partial charge on any atom is -0.480 e. The Bertz CT molecular complexity index is 485. The quantitative estimate of drug-likeness (QED) is 0.205. The second-order valence-corrected chi connectivity index (χ2v) is 5.41. The molecule has 0 heterocycles. The summed E-state index contributed by atoms with van der Waals surface area (Å²) in [6.45, 7) is 2.70. The van der Waals surface area contributed by atoms with Gasteiger partial charge in [0, 0.05) is 6.92 Å². The van der Waals surface area contributed by atoms with E-state index in [1.165, 1.54) is 13.8 Å². The first-order chi connectivity index (χ1) is 11.5. The normalized spacial score (nSPS) is 18.2. The molecule has 0 spiro atoms. The third-order valence-corrected chi connectivity index (χ3v) is 3.25. The molecular weight excluding hydrogens is 340 g/mol. The van der Waals surface area contributed by atoms with E-state index in [2.05, 4.69) is 10.6 Å². The van der Waals surface area contributed by atoms with Crippen LogP contribution in [0.25, 0.3) is 0 Å². The molecule has 0 aliphatic heterocycles. The van der Waals surface area contributed by atoms with Crippen LogP contribution in [0.4, 0.5) is 0 Å². The zero-order valence-corrected chi connectivity index (χ0v) is 14.1. The Morgan fingerprint density at radius 3 is 2.12 bits per heavy atom. The maximum atomic E-state index is 11.9. The van der Waals surface area contributed by atoms with Crippen molar-refractivity contribution < 1.29 is 44.3 Å². The van der Waals surface area contributed by atoms with Crippen LogP contribution < -0.4 is 10.6 Å². The molecule has 0 fully saturated rings. The predicted octanol–water partition coefficient (Wildman–Crippen LogP) is -3.23. The van der Waals surface area contributed by atoms with Crippen molar-refractivity contribution in [3.05, 3.63) is 0 Å². The van der Waals surface area contributed by atoms with Crippen molar-refractivity contribution in [1.29, 1.82) is 0 Å². The number of carbonyl (C=O) groups is 4. The first kappa shape index (κ1) is 22.9. The van der Waals surface area contributed by atoms with E-state index < -0.39 is 60.9 Å². The highest BCUT2D eigenvalue weighted by Crippen LogP contribution is 2.12. The lowest BCUT2D eigenvalue weighted by molar-refractivity contribution is -0.158. The molecule has 0 aromatic rings. The van der Waals surface area contributed by atoms with Gasteiger partial charge < -0.3 is 40.6 Å². The largest absolute Gasteiger partial charge is 0.480 e. The Kier molecular flexibility index (Phi) is 9.82. The highest BCUT2D eigenvalue weighted by atomic mass is 16.5. The summed E-state index contributed by atoms with van der Waals surface area (Å²) in [4.78, 5) is 45.0. The number of carboxylic acids is 1. The fourth-order valence-corrected chi connectivity index (χ4v) is 1.82. The van der Waals surface area contributed by atoms with Crippen molar-refractivity contribution >= 4 is 24.1 Å². The number of aliphatic hydroxyl groups is 3. The lowest BCUT2D eigenvalue weighted by Gasteiger charge is -2.32. The van der Waals surface area contributed by atoms with Gasteiger partial charge in [-0.2, -0.15) is 0 Å². The number of rotatable bonds is 11. The van der Waals surface area contributed by atoms with Gasteiger partial charge in [-0.25, -0.2) is 0 Å². The van der Waals surface area contributed by atoms with Crippen molar-refractivity contribution in [2.24, 2.45) is 0 Å². The Morgan fingerprint density at radius 2 is 1.72 bits per heavy atom. The van der Waals surface area contributed by atoms with Crippen LogP contribution in [-0.2, 0) is 23.9 Å². The number of carboxylic acid groups (broad SMARTS) is 1. The number of ether oxygens (including phenoxy) is 1. The second kappa shape index (κ2) is 10.7. The number of aliphatic hydroxyl groups excluding tert-OH is 3. The molecular formula is C14H24N2O9. The number of nitrogens with one attached hydrogen (secondary N) is 2. The summed E-state index contributed by atoms with van der Waals surface area (Å²) in [6.07, 6.45) is -6.16. The molecule has 11 nitrogen and oxygen atoms in total. The van der Waals surface area contributed by atoms with Crippen molar-refractivity contribution in [2.75, 3.05) is 6.61 Å². The van der Waals surface area contributed by atoms with Gasteiger partial charge >= 0.3 is 5.97 Å². The van der Waals surface area contributed by atoms with Gasteiger partial charge in [-0.1, -0.05) is 0 Å². The number of aliphatic carboxylic acids is 1. The topological polar surface area (TPSA) is 182 Å². The molecule has 6 N–H and O–H groups in total. The molecule has 144 valence electrons. The van der Waals surface area contributed by atoms with E-state index in [0.717, 1.165) is 6.92 Å². The molecule has 0 aromatic carbocycles. The average Bonchev–Trinajstić information content (AvgIpc) is 2.55. The van der Waals surface area contributed by atoms with Gasteiger partial charge in [0.1, 0.15) is 42.8 Å². The van der Waals surface area contributed by atoms with Gasteiger partial charge in [0.2, 0.25) is 11.8 Å². The summed E-state index contributed by atoms with van der Waals surface area (Å²) in [5.74, 6) is -2.76. The van der Waals surface area contributed by atoms with Gasteiger partial charge in [0.15, 0.2) is 0 Å². The standard InChI is InChI=1S/C14H24N2O9/c1-6(14(23)24)15-13(22)7(2)25-12(11(21)10(20)5-18)9(4-17)16-8(3)19/h4,6-7,9-12,18,20-21H,5H2,1-3H3,(H,15,22)(H,16,19)(H,23,24)/t6-,7+,9-,10+,11+,12+/m0/s1. The predicted molar refractivity (Wildman–Crippen MR) is 82.3 cm³/mol. The van der Waals surface area contributed by atoms with Crippen LogP contribution in [0, 0.1) is 0 Å². The van der Waals surface area contributed by atoms with Crippen molar-refractivity contribution in [3.8, 4) is 0 Å². The third-order valence-electron chi connectivity index (χ3n) is 3.25. The molecule has 0 radical (unpaired) electrons. The summed E-state index contributed by atoms with van der Waals surface area (Å²) in [5, 5.41) is 41.6. The number of amides is 2. The molecule has 25 heavy (non-hydrogen) atoms. The minimum atomic E-state index is -1.81. The zero-order chi connectivity index (χ0) is 19.7. The highest BCUT2D eigenvalue weighted by molar-refractivity contribution is 5.85. The van der Waals surface area contributed by atoms with Gasteiger partial charge in [-0.15, -0.1) is 0 Å². The van der Waals surface area contributed by atoms with Crippen LogP contribution in [0.5, 0.6) is 0 Å². The molecule has 2 amide bonds. The van der Waals surface area contributed by atoms with Crippen molar-refractivity contribution in [1.82, 2.24) is 10.6 Å². The van der Waals surface area contributed by atoms with E-state index in [-0.39, 0.29) is 6.29 Å². The van der Waals surface area contributed by atoms with Crippen LogP contribution in [0.1, 0.15) is 20.8 Å². The SMILES string of the molecule is CC(=O)N[C@@H](C=O)[C@@H](O[C@H](C)C(=O)N[C@@H](C)C(=O)O)[C@H](O)[C@H](O)CO. The maximum Gasteiger partial charge on any atom is 0.325 e. The Labute approximate surface area is 144 Å². The molecule has 0 unspecified atom stereocenters. The van der Waals surface area contributed by atoms with Gasteiger partial charge in [0.25, 0.3) is 0 Å². The van der Waals surface area contributed by atoms with Gasteiger partial charge in [-0.05, 0) is 13.8 Å². The fourth-order valence-electron chi connectivity index (χ4n) is 1.82. The maximum absolute atomic E-state index is 11.9. The Morgan fingerprint density at radius 1 is 1.16 bits per heavy atom. The second-order valence-electron chi connectivity index (χ2n) is 5.41. The number of hydrogen-bond acceptors (Lipinski definition) is 8. The van der Waals surface area contributed by atoms with Crippen molar-refractivity contribution in [2.45, 2.75) is 57.3 Å². The Balaban J connectivity index is 5.26. The smallest absolute Gasteiger partial charge is 0.325 e. The van der Waals surface area contributed by atoms with E-state index in [1.807, 2.05) is 0 Å². The highest BCUT2D eigenvalue weighted by Gasteiger charge is 2.36. The van der Waals surface area contributed by atoms with Gasteiger partial charge in [0.05, 0.1) is 6.61 Å². The summed E-state index contributed by atoms with van der Waals surface area (Å²) < 4.78 is 5.26. The van der Waals surface area contributed by atoms with Crippen LogP contribution >= 0.6 is 0 Å². The zero-order valence-electron chi connectivity index (χ0n) is 14.1. The van der Waals surface area contributed by atoms with E-state index in [4.69, 9.17) is 14.9 Å². The summed E-state index contributed by atoms with van der Waals surface area (Å²) >= 11 is 0. The van der Waals surface area contributed by atoms with E-state index >= 15 is 0 Å². The lowest BCUT2D eigenvalue weighted by Crippen LogP contribution is -2.56. The Hall–Kier alpha value is -2.08. The first-order valence-corrected chi connectivity index (χ1v) is 7.43. The van der Waals surface area contributed by atoms with Crippen LogP contribution in [0.3, 0.4) is 0 Å². The van der Waals surface area contributed by atoms with Crippen LogP contribution in [-0.4, -0.2) is 87.6 Å². The summed E-state index contributed by atoms with van der Waals surface area (Å²) in [5.41, 5.74) is 0. The molecule has 0 aliphatic rings. The summed E-state index contributed by atoms with van der Waals surface area (Å²) in [6, 6.07) is -2.62. The monoisotopic (exact) mass is 364 g/mol. The average molecular weight is 364 g/mol. The fraction of sp³-hybridized carbons (Fsp3) is 0.714. The van der Waals surface area contributed by atoms with Crippen LogP contribution in [0.2, 0.25) is 0 Å². The minimum absolute atomic E-state index is 0.240. The van der Waals surface area contributed by atoms with E-state index in [0.29, 0.717) is 0 Å². The first-order valence-electron chi connectivity index (χ1n) is 7.43. The molecule has 0 aromatic heterocycles. The summed E-state index contributed by atoms with van der Waals surface area (Å²) in [7, 11) is 0. The molecule has 11 heteroatoms. The third kappa shape index (κ3) is 7.56. The van der Waals surface area contributed by atoms with Crippen molar-refractivity contribution in [3.63, 3.8) is 0 Å². The molecule has 0 bridgehead atoms. The van der Waals surface area contributed by atoms with Crippen LogP contribution in [0.15, 0.2) is 0 Å².